The summed E-state index contributed by atoms with van der Waals surface area (Å²) in [7, 11) is -0.697. The second-order valence-electron chi connectivity index (χ2n) is 1.34. The number of hydrogen-bond acceptors (Lipinski definition) is 3. The van der Waals surface area contributed by atoms with Gasteiger partial charge in [-0.25, -0.2) is 0 Å². The average Bonchev–Trinajstić information content (AvgIpc) is 1.61. The predicted molar refractivity (Wildman–Crippen MR) is 25.1 cm³/mol. The number of rotatable bonds is 2. The summed E-state index contributed by atoms with van der Waals surface area (Å²) in [6.45, 7) is 3.65. The molecule has 0 spiro atoms. The van der Waals surface area contributed by atoms with Crippen LogP contribution in [0.3, 0.4) is 0 Å². The van der Waals surface area contributed by atoms with Gasteiger partial charge in [-0.2, -0.15) is 0 Å². The lowest BCUT2D eigenvalue weighted by Gasteiger charge is -1.95. The number of hydrogen-bond donors (Lipinski definition) is 0. The molecule has 0 aromatic carbocycles. The van der Waals surface area contributed by atoms with Crippen LogP contribution < -0.4 is 0 Å². The molecule has 0 rings (SSSR count). The van der Waals surface area contributed by atoms with Gasteiger partial charge in [0.15, 0.2) is 0 Å². The van der Waals surface area contributed by atoms with Crippen molar-refractivity contribution < 1.29 is 9.30 Å². The highest BCUT2D eigenvalue weighted by Crippen LogP contribution is 1.83. The molecule has 0 radical (unpaired) electrons. The van der Waals surface area contributed by atoms with Crippen molar-refractivity contribution in [1.29, 1.82) is 0 Å². The summed E-state index contributed by atoms with van der Waals surface area (Å²) in [5.41, 5.74) is 0. The zero-order chi connectivity index (χ0) is 5.70. The second kappa shape index (κ2) is 3.79. The van der Waals surface area contributed by atoms with Crippen molar-refractivity contribution in [2.45, 2.75) is 20.0 Å². The van der Waals surface area contributed by atoms with E-state index in [0.717, 1.165) is 0 Å². The quantitative estimate of drug-likeness (QED) is 0.391. The fourth-order valence-corrected chi connectivity index (χ4v) is 0.381. The second-order valence-corrected chi connectivity index (χ2v) is 1.70. The highest BCUT2D eigenvalue weighted by atomic mass is 28.2. The summed E-state index contributed by atoms with van der Waals surface area (Å²) in [5.74, 6) is 0. The first-order valence-electron chi connectivity index (χ1n) is 2.00. The maximum atomic E-state index is 9.57. The standard InChI is InChI=1S/C3H7NO2Si/c1-3(2)6-4-7-5/h3H,1-2H3. The zero-order valence-corrected chi connectivity index (χ0v) is 5.34. The van der Waals surface area contributed by atoms with Crippen molar-refractivity contribution in [1.82, 2.24) is 0 Å². The van der Waals surface area contributed by atoms with Crippen LogP contribution in [0.15, 0.2) is 4.80 Å². The van der Waals surface area contributed by atoms with E-state index in [2.05, 4.69) is 9.64 Å². The smallest absolute Gasteiger partial charge is 0.392 e. The molecule has 7 heavy (non-hydrogen) atoms. The normalized spacial score (nSPS) is 7.86. The van der Waals surface area contributed by atoms with Gasteiger partial charge in [-0.05, 0) is 13.8 Å². The summed E-state index contributed by atoms with van der Waals surface area (Å²) in [6.07, 6.45) is 0.0430. The highest BCUT2D eigenvalue weighted by molar-refractivity contribution is 6.00. The van der Waals surface area contributed by atoms with Crippen LogP contribution in [-0.2, 0) is 9.30 Å². The molecule has 0 unspecified atom stereocenters. The van der Waals surface area contributed by atoms with Crippen molar-refractivity contribution in [3.05, 3.63) is 0 Å². The molecule has 0 heterocycles. The minimum Gasteiger partial charge on any atom is -0.392 e. The van der Waals surface area contributed by atoms with E-state index in [-0.39, 0.29) is 6.10 Å². The van der Waals surface area contributed by atoms with Crippen molar-refractivity contribution in [2.75, 3.05) is 0 Å². The van der Waals surface area contributed by atoms with Crippen LogP contribution in [0.1, 0.15) is 13.8 Å². The van der Waals surface area contributed by atoms with Gasteiger partial charge in [0.2, 0.25) is 0 Å². The molecular weight excluding hydrogens is 110 g/mol. The summed E-state index contributed by atoms with van der Waals surface area (Å²) in [5, 5.41) is 0. The molecule has 0 aromatic heterocycles. The Morgan fingerprint density at radius 1 is 1.71 bits per heavy atom. The van der Waals surface area contributed by atoms with Gasteiger partial charge >= 0.3 is 9.20 Å². The van der Waals surface area contributed by atoms with Crippen LogP contribution in [-0.4, -0.2) is 15.3 Å². The average molecular weight is 117 g/mol. The Morgan fingerprint density at radius 3 is 2.43 bits per heavy atom. The van der Waals surface area contributed by atoms with Crippen molar-refractivity contribution in [2.24, 2.45) is 4.80 Å². The lowest BCUT2D eigenvalue weighted by atomic mass is 10.5. The van der Waals surface area contributed by atoms with E-state index in [1.165, 1.54) is 0 Å². The molecule has 0 aromatic rings. The van der Waals surface area contributed by atoms with Crippen LogP contribution in [0, 0.1) is 0 Å². The van der Waals surface area contributed by atoms with Crippen LogP contribution in [0.4, 0.5) is 0 Å². The molecule has 0 aliphatic rings. The van der Waals surface area contributed by atoms with Crippen LogP contribution in [0.5, 0.6) is 0 Å². The molecule has 0 atom stereocenters. The first kappa shape index (κ1) is 6.62. The minimum atomic E-state index is -0.697. The van der Waals surface area contributed by atoms with E-state index in [0.29, 0.717) is 0 Å². The zero-order valence-electron chi connectivity index (χ0n) is 4.34. The summed E-state index contributed by atoms with van der Waals surface area (Å²) < 4.78 is 9.57. The van der Waals surface area contributed by atoms with E-state index in [1.807, 2.05) is 13.8 Å². The Morgan fingerprint density at radius 2 is 2.29 bits per heavy atom. The predicted octanol–water partition coefficient (Wildman–Crippen LogP) is 0.560. The van der Waals surface area contributed by atoms with Gasteiger partial charge in [0.05, 0.1) is 0 Å². The first-order chi connectivity index (χ1) is 3.27. The Kier molecular flexibility index (Phi) is 3.59. The molecule has 3 nitrogen and oxygen atoms in total. The molecule has 0 aliphatic heterocycles. The Labute approximate surface area is 44.3 Å². The van der Waals surface area contributed by atoms with Gasteiger partial charge in [0.1, 0.15) is 6.10 Å². The Balaban J connectivity index is 3.13. The van der Waals surface area contributed by atoms with Crippen LogP contribution >= 0.6 is 0 Å². The lowest BCUT2D eigenvalue weighted by molar-refractivity contribution is 0.0880. The van der Waals surface area contributed by atoms with Crippen LogP contribution in [0.25, 0.3) is 0 Å². The molecule has 4 heteroatoms. The minimum absolute atomic E-state index is 0.0430. The van der Waals surface area contributed by atoms with Gasteiger partial charge in [0, 0.05) is 0 Å². The molecule has 0 bridgehead atoms. The monoisotopic (exact) mass is 117 g/mol. The molecule has 0 aliphatic carbocycles. The molecule has 0 saturated heterocycles. The molecular formula is C3H7NO2Si. The third-order valence-corrected chi connectivity index (χ3v) is 0.481. The van der Waals surface area contributed by atoms with E-state index >= 15 is 0 Å². The summed E-state index contributed by atoms with van der Waals surface area (Å²) in [6, 6.07) is 0. The Hall–Kier alpha value is -0.383. The SMILES string of the molecule is CC(C)ON=[Si]=O. The van der Waals surface area contributed by atoms with Gasteiger partial charge < -0.3 is 4.84 Å². The van der Waals surface area contributed by atoms with Crippen molar-refractivity contribution in [3.8, 4) is 0 Å². The Bertz CT molecular complexity index is 86.9. The molecule has 0 saturated carbocycles. The molecule has 0 amide bonds. The van der Waals surface area contributed by atoms with E-state index in [4.69, 9.17) is 0 Å². The van der Waals surface area contributed by atoms with E-state index in [1.54, 1.807) is 0 Å². The maximum absolute atomic E-state index is 9.57. The van der Waals surface area contributed by atoms with Crippen molar-refractivity contribution in [3.63, 3.8) is 0 Å². The lowest BCUT2D eigenvalue weighted by Crippen LogP contribution is -1.94. The fraction of sp³-hybridized carbons (Fsp3) is 1.00. The summed E-state index contributed by atoms with van der Waals surface area (Å²) >= 11 is 0. The molecule has 40 valence electrons. The molecule has 0 fully saturated rings. The highest BCUT2D eigenvalue weighted by Gasteiger charge is 1.84. The third-order valence-electron chi connectivity index (χ3n) is 0.301. The third kappa shape index (κ3) is 5.62. The largest absolute Gasteiger partial charge is 0.434 e. The fourth-order valence-electron chi connectivity index (χ4n) is 0.127. The summed E-state index contributed by atoms with van der Waals surface area (Å²) in [4.78, 5) is 7.66. The van der Waals surface area contributed by atoms with E-state index in [9.17, 15) is 4.46 Å². The molecule has 0 N–H and O–H groups in total. The van der Waals surface area contributed by atoms with E-state index < -0.39 is 9.20 Å². The van der Waals surface area contributed by atoms with Gasteiger partial charge in [-0.15, -0.1) is 0 Å². The topological polar surface area (TPSA) is 38.7 Å². The maximum Gasteiger partial charge on any atom is 0.434 e. The van der Waals surface area contributed by atoms with Gasteiger partial charge in [-0.3, -0.25) is 4.46 Å². The van der Waals surface area contributed by atoms with Crippen LogP contribution in [0.2, 0.25) is 0 Å². The number of nitrogens with zero attached hydrogens (tertiary/aromatic N) is 1. The van der Waals surface area contributed by atoms with Crippen molar-refractivity contribution >= 4 is 9.20 Å². The first-order valence-corrected chi connectivity index (χ1v) is 2.86. The van der Waals surface area contributed by atoms with Gasteiger partial charge in [-0.1, -0.05) is 4.80 Å². The van der Waals surface area contributed by atoms with Gasteiger partial charge in [0.25, 0.3) is 0 Å².